The summed E-state index contributed by atoms with van der Waals surface area (Å²) >= 11 is 0. The molecule has 0 bridgehead atoms. The Morgan fingerprint density at radius 3 is 2.48 bits per heavy atom. The number of fused-ring (bicyclic) bond motifs is 1. The van der Waals surface area contributed by atoms with Gasteiger partial charge >= 0.3 is 0 Å². The minimum absolute atomic E-state index is 0.641. The maximum absolute atomic E-state index is 5.90. The number of hydrogen-bond donors (Lipinski definition) is 1. The number of nitrogens with one attached hydrogen (secondary N) is 1. The molecule has 0 aromatic heterocycles. The second kappa shape index (κ2) is 6.31. The lowest BCUT2D eigenvalue weighted by Crippen LogP contribution is -2.11. The summed E-state index contributed by atoms with van der Waals surface area (Å²) in [6, 6.07) is 22.8. The Bertz CT molecular complexity index is 714. The van der Waals surface area contributed by atoms with Crippen molar-refractivity contribution >= 4 is 16.5 Å². The fraction of sp³-hybridized carbons (Fsp3) is 0.158. The molecule has 0 unspecified atom stereocenters. The summed E-state index contributed by atoms with van der Waals surface area (Å²) in [7, 11) is 0. The van der Waals surface area contributed by atoms with Crippen molar-refractivity contribution in [2.45, 2.75) is 6.92 Å². The van der Waals surface area contributed by atoms with Gasteiger partial charge in [-0.15, -0.1) is 0 Å². The van der Waals surface area contributed by atoms with Gasteiger partial charge in [0.1, 0.15) is 12.4 Å². The Kier molecular flexibility index (Phi) is 4.06. The van der Waals surface area contributed by atoms with Gasteiger partial charge in [-0.05, 0) is 30.5 Å². The van der Waals surface area contributed by atoms with Crippen LogP contribution >= 0.6 is 0 Å². The van der Waals surface area contributed by atoms with E-state index in [0.717, 1.165) is 23.4 Å². The predicted octanol–water partition coefficient (Wildman–Crippen LogP) is 4.64. The van der Waals surface area contributed by atoms with E-state index in [-0.39, 0.29) is 0 Å². The van der Waals surface area contributed by atoms with Crippen LogP contribution in [0.3, 0.4) is 0 Å². The summed E-state index contributed by atoms with van der Waals surface area (Å²) in [5, 5.41) is 5.74. The number of rotatable bonds is 5. The number of hydrogen-bond acceptors (Lipinski definition) is 2. The van der Waals surface area contributed by atoms with E-state index in [1.807, 2.05) is 24.3 Å². The second-order valence-corrected chi connectivity index (χ2v) is 5.12. The molecule has 1 N–H and O–H groups in total. The molecule has 0 aliphatic carbocycles. The first-order valence-corrected chi connectivity index (χ1v) is 7.24. The van der Waals surface area contributed by atoms with E-state index in [1.165, 1.54) is 10.9 Å². The zero-order valence-electron chi connectivity index (χ0n) is 12.2. The first-order chi connectivity index (χ1) is 10.3. The summed E-state index contributed by atoms with van der Waals surface area (Å²) in [6.07, 6.45) is 0. The van der Waals surface area contributed by atoms with Crippen LogP contribution in [-0.4, -0.2) is 13.2 Å². The summed E-state index contributed by atoms with van der Waals surface area (Å²) in [4.78, 5) is 0. The van der Waals surface area contributed by atoms with Crippen molar-refractivity contribution < 1.29 is 4.74 Å². The van der Waals surface area contributed by atoms with Gasteiger partial charge in [0.15, 0.2) is 0 Å². The summed E-state index contributed by atoms with van der Waals surface area (Å²) < 4.78 is 5.90. The number of benzene rings is 3. The van der Waals surface area contributed by atoms with Crippen molar-refractivity contribution in [1.29, 1.82) is 0 Å². The van der Waals surface area contributed by atoms with E-state index in [0.29, 0.717) is 6.61 Å². The summed E-state index contributed by atoms with van der Waals surface area (Å²) in [5.41, 5.74) is 2.40. The summed E-state index contributed by atoms with van der Waals surface area (Å²) in [5.74, 6) is 0.943. The molecule has 0 amide bonds. The van der Waals surface area contributed by atoms with Crippen molar-refractivity contribution in [2.24, 2.45) is 0 Å². The molecule has 21 heavy (non-hydrogen) atoms. The average molecular weight is 277 g/mol. The van der Waals surface area contributed by atoms with Gasteiger partial charge in [0.25, 0.3) is 0 Å². The Morgan fingerprint density at radius 1 is 0.857 bits per heavy atom. The third-order valence-corrected chi connectivity index (χ3v) is 3.49. The van der Waals surface area contributed by atoms with Gasteiger partial charge in [0.05, 0.1) is 0 Å². The third kappa shape index (κ3) is 3.34. The smallest absolute Gasteiger partial charge is 0.127 e. The lowest BCUT2D eigenvalue weighted by Gasteiger charge is -2.11. The van der Waals surface area contributed by atoms with Gasteiger partial charge in [-0.3, -0.25) is 0 Å². The molecule has 106 valence electrons. The maximum atomic E-state index is 5.90. The molecule has 0 heterocycles. The number of ether oxygens (including phenoxy) is 1. The fourth-order valence-corrected chi connectivity index (χ4v) is 2.35. The molecule has 0 radical (unpaired) electrons. The molecular weight excluding hydrogens is 258 g/mol. The molecule has 2 nitrogen and oxygen atoms in total. The van der Waals surface area contributed by atoms with Crippen LogP contribution in [0.2, 0.25) is 0 Å². The van der Waals surface area contributed by atoms with E-state index < -0.39 is 0 Å². The standard InChI is InChI=1S/C19H19NO/c1-15-9-11-17(12-10-15)20-13-14-21-19-8-4-6-16-5-2-3-7-18(16)19/h2-12,20H,13-14H2,1H3. The van der Waals surface area contributed by atoms with E-state index in [4.69, 9.17) is 4.74 Å². The van der Waals surface area contributed by atoms with Gasteiger partial charge in [0.2, 0.25) is 0 Å². The maximum Gasteiger partial charge on any atom is 0.127 e. The average Bonchev–Trinajstić information content (AvgIpc) is 2.53. The quantitative estimate of drug-likeness (QED) is 0.686. The molecule has 0 aliphatic heterocycles. The Morgan fingerprint density at radius 2 is 1.62 bits per heavy atom. The van der Waals surface area contributed by atoms with E-state index in [1.54, 1.807) is 0 Å². The third-order valence-electron chi connectivity index (χ3n) is 3.49. The van der Waals surface area contributed by atoms with Gasteiger partial charge in [-0.2, -0.15) is 0 Å². The predicted molar refractivity (Wildman–Crippen MR) is 89.1 cm³/mol. The molecule has 0 saturated heterocycles. The minimum atomic E-state index is 0.641. The van der Waals surface area contributed by atoms with Crippen LogP contribution in [0, 0.1) is 6.92 Å². The van der Waals surface area contributed by atoms with Crippen molar-refractivity contribution in [3.63, 3.8) is 0 Å². The summed E-state index contributed by atoms with van der Waals surface area (Å²) in [6.45, 7) is 3.52. The van der Waals surface area contributed by atoms with Crippen LogP contribution in [0.5, 0.6) is 5.75 Å². The first-order valence-electron chi connectivity index (χ1n) is 7.24. The van der Waals surface area contributed by atoms with Gasteiger partial charge < -0.3 is 10.1 Å². The van der Waals surface area contributed by atoms with Crippen LogP contribution < -0.4 is 10.1 Å². The fourth-order valence-electron chi connectivity index (χ4n) is 2.35. The lowest BCUT2D eigenvalue weighted by atomic mass is 10.1. The highest BCUT2D eigenvalue weighted by molar-refractivity contribution is 5.88. The van der Waals surface area contributed by atoms with Gasteiger partial charge in [-0.1, -0.05) is 54.1 Å². The molecule has 0 atom stereocenters. The largest absolute Gasteiger partial charge is 0.491 e. The zero-order chi connectivity index (χ0) is 14.5. The van der Waals surface area contributed by atoms with Crippen LogP contribution in [0.4, 0.5) is 5.69 Å². The normalized spacial score (nSPS) is 10.5. The molecule has 2 heteroatoms. The highest BCUT2D eigenvalue weighted by Gasteiger charge is 2.00. The minimum Gasteiger partial charge on any atom is -0.491 e. The highest BCUT2D eigenvalue weighted by Crippen LogP contribution is 2.24. The zero-order valence-corrected chi connectivity index (χ0v) is 12.2. The van der Waals surface area contributed by atoms with E-state index in [2.05, 4.69) is 54.7 Å². The van der Waals surface area contributed by atoms with E-state index in [9.17, 15) is 0 Å². The van der Waals surface area contributed by atoms with Crippen molar-refractivity contribution in [1.82, 2.24) is 0 Å². The van der Waals surface area contributed by atoms with Crippen LogP contribution in [-0.2, 0) is 0 Å². The van der Waals surface area contributed by atoms with Crippen LogP contribution in [0.15, 0.2) is 66.7 Å². The Balaban J connectivity index is 1.58. The second-order valence-electron chi connectivity index (χ2n) is 5.12. The highest BCUT2D eigenvalue weighted by atomic mass is 16.5. The van der Waals surface area contributed by atoms with Gasteiger partial charge in [-0.25, -0.2) is 0 Å². The van der Waals surface area contributed by atoms with Crippen molar-refractivity contribution in [3.8, 4) is 5.75 Å². The molecular formula is C19H19NO. The number of anilines is 1. The van der Waals surface area contributed by atoms with Crippen LogP contribution in [0.1, 0.15) is 5.56 Å². The van der Waals surface area contributed by atoms with Gasteiger partial charge in [0, 0.05) is 17.6 Å². The van der Waals surface area contributed by atoms with Crippen molar-refractivity contribution in [3.05, 3.63) is 72.3 Å². The molecule has 3 aromatic rings. The first kappa shape index (κ1) is 13.5. The Labute approximate surface area is 125 Å². The molecule has 3 aromatic carbocycles. The molecule has 3 rings (SSSR count). The molecule has 0 spiro atoms. The monoisotopic (exact) mass is 277 g/mol. The van der Waals surface area contributed by atoms with E-state index >= 15 is 0 Å². The molecule has 0 aliphatic rings. The number of aryl methyl sites for hydroxylation is 1. The van der Waals surface area contributed by atoms with Crippen LogP contribution in [0.25, 0.3) is 10.8 Å². The molecule has 0 fully saturated rings. The SMILES string of the molecule is Cc1ccc(NCCOc2cccc3ccccc23)cc1. The lowest BCUT2D eigenvalue weighted by molar-refractivity contribution is 0.337. The topological polar surface area (TPSA) is 21.3 Å². The Hall–Kier alpha value is -2.48. The molecule has 0 saturated carbocycles. The van der Waals surface area contributed by atoms with Crippen molar-refractivity contribution in [2.75, 3.05) is 18.5 Å².